The number of hydrogen-bond donors (Lipinski definition) is 1. The maximum Gasteiger partial charge on any atom is 0.146 e. The molecule has 4 heteroatoms. The summed E-state index contributed by atoms with van der Waals surface area (Å²) in [5.74, 6) is 1.01. The van der Waals surface area contributed by atoms with E-state index in [2.05, 4.69) is 5.32 Å². The van der Waals surface area contributed by atoms with Gasteiger partial charge in [0.25, 0.3) is 0 Å². The fourth-order valence-electron chi connectivity index (χ4n) is 2.42. The first kappa shape index (κ1) is 12.8. The van der Waals surface area contributed by atoms with Crippen LogP contribution in [0.1, 0.15) is 17.2 Å². The van der Waals surface area contributed by atoms with Gasteiger partial charge in [-0.2, -0.15) is 0 Å². The molecule has 0 bridgehead atoms. The Balaban J connectivity index is 1.95. The lowest BCUT2D eigenvalue weighted by Gasteiger charge is -2.28. The zero-order valence-electron chi connectivity index (χ0n) is 11.4. The number of halogens is 1. The van der Waals surface area contributed by atoms with Crippen LogP contribution in [0.2, 0.25) is 0 Å². The lowest BCUT2D eigenvalue weighted by molar-refractivity contribution is 0.204. The number of anilines is 1. The minimum atomic E-state index is -0.303. The minimum Gasteiger partial charge on any atom is -0.496 e. The number of hydrogen-bond acceptors (Lipinski definition) is 3. The molecule has 0 aromatic heterocycles. The lowest BCUT2D eigenvalue weighted by atomic mass is 10.0. The summed E-state index contributed by atoms with van der Waals surface area (Å²) in [5.41, 5.74) is 2.92. The Labute approximate surface area is 117 Å². The third kappa shape index (κ3) is 2.29. The third-order valence-corrected chi connectivity index (χ3v) is 3.42. The molecule has 0 radical (unpaired) electrons. The van der Waals surface area contributed by atoms with Crippen molar-refractivity contribution in [3.05, 3.63) is 53.3 Å². The fraction of sp³-hybridized carbons (Fsp3) is 0.250. The standard InChI is InChI=1S/C16H16FNO2/c1-10-3-6-14(19-2)12(7-10)16-9-18-13-5-4-11(17)8-15(13)20-16/h3-8,16,18H,9H2,1-2H3. The van der Waals surface area contributed by atoms with Crippen LogP contribution in [0.25, 0.3) is 0 Å². The molecule has 1 aliphatic rings. The van der Waals surface area contributed by atoms with Gasteiger partial charge in [0.2, 0.25) is 0 Å². The number of fused-ring (bicyclic) bond motifs is 1. The second-order valence-corrected chi connectivity index (χ2v) is 4.87. The zero-order chi connectivity index (χ0) is 14.1. The SMILES string of the molecule is COc1ccc(C)cc1C1CNc2ccc(F)cc2O1. The molecule has 1 aliphatic heterocycles. The largest absolute Gasteiger partial charge is 0.496 e. The summed E-state index contributed by atoms with van der Waals surface area (Å²) in [7, 11) is 1.64. The molecule has 2 aromatic carbocycles. The molecule has 0 saturated heterocycles. The Hall–Kier alpha value is -2.23. The molecule has 0 spiro atoms. The summed E-state index contributed by atoms with van der Waals surface area (Å²) in [6.07, 6.45) is -0.195. The van der Waals surface area contributed by atoms with Gasteiger partial charge in [-0.1, -0.05) is 11.6 Å². The van der Waals surface area contributed by atoms with Crippen LogP contribution in [0.15, 0.2) is 36.4 Å². The van der Waals surface area contributed by atoms with E-state index in [0.29, 0.717) is 12.3 Å². The molecule has 0 amide bonds. The van der Waals surface area contributed by atoms with Crippen molar-refractivity contribution in [2.24, 2.45) is 0 Å². The molecular formula is C16H16FNO2. The normalized spacial score (nSPS) is 16.9. The first-order valence-electron chi connectivity index (χ1n) is 6.52. The van der Waals surface area contributed by atoms with Crippen molar-refractivity contribution in [2.45, 2.75) is 13.0 Å². The van der Waals surface area contributed by atoms with Gasteiger partial charge in [-0.15, -0.1) is 0 Å². The van der Waals surface area contributed by atoms with E-state index in [4.69, 9.17) is 9.47 Å². The first-order chi connectivity index (χ1) is 9.67. The monoisotopic (exact) mass is 273 g/mol. The molecule has 1 N–H and O–H groups in total. The fourth-order valence-corrected chi connectivity index (χ4v) is 2.42. The Bertz CT molecular complexity index is 642. The van der Waals surface area contributed by atoms with Crippen molar-refractivity contribution in [3.8, 4) is 11.5 Å². The van der Waals surface area contributed by atoms with Gasteiger partial charge in [-0.3, -0.25) is 0 Å². The second-order valence-electron chi connectivity index (χ2n) is 4.87. The highest BCUT2D eigenvalue weighted by molar-refractivity contribution is 5.59. The average Bonchev–Trinajstić information content (AvgIpc) is 2.46. The molecule has 3 rings (SSSR count). The minimum absolute atomic E-state index is 0.195. The van der Waals surface area contributed by atoms with Crippen LogP contribution >= 0.6 is 0 Å². The van der Waals surface area contributed by atoms with Crippen molar-refractivity contribution in [1.82, 2.24) is 0 Å². The molecule has 3 nitrogen and oxygen atoms in total. The highest BCUT2D eigenvalue weighted by Crippen LogP contribution is 2.37. The number of nitrogens with one attached hydrogen (secondary N) is 1. The summed E-state index contributed by atoms with van der Waals surface area (Å²) >= 11 is 0. The second kappa shape index (κ2) is 5.04. The molecule has 20 heavy (non-hydrogen) atoms. The van der Waals surface area contributed by atoms with E-state index in [1.165, 1.54) is 12.1 Å². The van der Waals surface area contributed by atoms with Gasteiger partial charge in [-0.05, 0) is 31.2 Å². The van der Waals surface area contributed by atoms with Crippen LogP contribution < -0.4 is 14.8 Å². The molecule has 104 valence electrons. The molecular weight excluding hydrogens is 257 g/mol. The van der Waals surface area contributed by atoms with E-state index in [1.54, 1.807) is 13.2 Å². The Morgan fingerprint density at radius 1 is 1.25 bits per heavy atom. The van der Waals surface area contributed by atoms with E-state index in [0.717, 1.165) is 22.6 Å². The van der Waals surface area contributed by atoms with Gasteiger partial charge in [0.05, 0.1) is 19.3 Å². The number of rotatable bonds is 2. The van der Waals surface area contributed by atoms with Gasteiger partial charge >= 0.3 is 0 Å². The highest BCUT2D eigenvalue weighted by atomic mass is 19.1. The quantitative estimate of drug-likeness (QED) is 0.905. The molecule has 1 atom stereocenters. The van der Waals surface area contributed by atoms with Crippen molar-refractivity contribution < 1.29 is 13.9 Å². The maximum atomic E-state index is 13.3. The first-order valence-corrected chi connectivity index (χ1v) is 6.52. The molecule has 1 unspecified atom stereocenters. The number of benzene rings is 2. The predicted octanol–water partition coefficient (Wildman–Crippen LogP) is 3.69. The van der Waals surface area contributed by atoms with Gasteiger partial charge in [0.15, 0.2) is 0 Å². The van der Waals surface area contributed by atoms with E-state index < -0.39 is 0 Å². The third-order valence-electron chi connectivity index (χ3n) is 3.42. The molecule has 1 heterocycles. The lowest BCUT2D eigenvalue weighted by Crippen LogP contribution is -2.24. The van der Waals surface area contributed by atoms with Crippen LogP contribution in [-0.4, -0.2) is 13.7 Å². The molecule has 0 aliphatic carbocycles. The van der Waals surface area contributed by atoms with Crippen LogP contribution in [0.4, 0.5) is 10.1 Å². The summed E-state index contributed by atoms with van der Waals surface area (Å²) in [4.78, 5) is 0. The highest BCUT2D eigenvalue weighted by Gasteiger charge is 2.24. The maximum absolute atomic E-state index is 13.3. The van der Waals surface area contributed by atoms with E-state index in [-0.39, 0.29) is 11.9 Å². The number of aryl methyl sites for hydroxylation is 1. The van der Waals surface area contributed by atoms with Gasteiger partial charge in [-0.25, -0.2) is 4.39 Å². The van der Waals surface area contributed by atoms with E-state index in [1.807, 2.05) is 25.1 Å². The summed E-state index contributed by atoms with van der Waals surface area (Å²) in [6, 6.07) is 10.5. The molecule has 0 saturated carbocycles. The summed E-state index contributed by atoms with van der Waals surface area (Å²) < 4.78 is 24.6. The predicted molar refractivity (Wildman–Crippen MR) is 76.0 cm³/mol. The van der Waals surface area contributed by atoms with E-state index in [9.17, 15) is 4.39 Å². The van der Waals surface area contributed by atoms with Crippen LogP contribution in [0.5, 0.6) is 11.5 Å². The van der Waals surface area contributed by atoms with Gasteiger partial charge in [0.1, 0.15) is 23.4 Å². The Morgan fingerprint density at radius 2 is 2.10 bits per heavy atom. The van der Waals surface area contributed by atoms with Crippen LogP contribution in [-0.2, 0) is 0 Å². The van der Waals surface area contributed by atoms with E-state index >= 15 is 0 Å². The van der Waals surface area contributed by atoms with Crippen molar-refractivity contribution in [3.63, 3.8) is 0 Å². The average molecular weight is 273 g/mol. The van der Waals surface area contributed by atoms with Crippen molar-refractivity contribution >= 4 is 5.69 Å². The van der Waals surface area contributed by atoms with Crippen LogP contribution in [0, 0.1) is 12.7 Å². The summed E-state index contributed by atoms with van der Waals surface area (Å²) in [6.45, 7) is 2.64. The zero-order valence-corrected chi connectivity index (χ0v) is 11.4. The molecule has 2 aromatic rings. The van der Waals surface area contributed by atoms with Crippen LogP contribution in [0.3, 0.4) is 0 Å². The Morgan fingerprint density at radius 3 is 2.90 bits per heavy atom. The topological polar surface area (TPSA) is 30.5 Å². The van der Waals surface area contributed by atoms with Crippen molar-refractivity contribution in [1.29, 1.82) is 0 Å². The summed E-state index contributed by atoms with van der Waals surface area (Å²) in [5, 5.41) is 3.26. The van der Waals surface area contributed by atoms with Gasteiger partial charge < -0.3 is 14.8 Å². The molecule has 0 fully saturated rings. The smallest absolute Gasteiger partial charge is 0.146 e. The van der Waals surface area contributed by atoms with Gasteiger partial charge in [0, 0.05) is 11.6 Å². The number of methoxy groups -OCH3 is 1. The number of ether oxygens (including phenoxy) is 2. The van der Waals surface area contributed by atoms with Crippen molar-refractivity contribution in [2.75, 3.05) is 19.0 Å². The Kier molecular flexibility index (Phi) is 3.22.